The van der Waals surface area contributed by atoms with Crippen LogP contribution < -0.4 is 10.2 Å². The number of likely N-dealkylation sites (N-methyl/N-ethyl adjacent to an activating group) is 2. The maximum absolute atomic E-state index is 11.8. The lowest BCUT2D eigenvalue weighted by atomic mass is 10.2. The highest BCUT2D eigenvalue weighted by Gasteiger charge is 2.16. The number of aromatic nitrogens is 2. The van der Waals surface area contributed by atoms with Crippen molar-refractivity contribution in [3.63, 3.8) is 0 Å². The first-order chi connectivity index (χ1) is 8.90. The van der Waals surface area contributed by atoms with Crippen molar-refractivity contribution in [2.75, 3.05) is 45.0 Å². The lowest BCUT2D eigenvalue weighted by Gasteiger charge is -2.23. The minimum Gasteiger partial charge on any atom is -0.373 e. The van der Waals surface area contributed by atoms with Crippen LogP contribution in [0.5, 0.6) is 0 Å². The van der Waals surface area contributed by atoms with Crippen LogP contribution >= 0.6 is 0 Å². The molecule has 106 valence electrons. The van der Waals surface area contributed by atoms with E-state index in [1.54, 1.807) is 19.0 Å². The fourth-order valence-corrected chi connectivity index (χ4v) is 1.74. The molecule has 1 amide bonds. The number of rotatable bonds is 5. The molecule has 0 aliphatic rings. The summed E-state index contributed by atoms with van der Waals surface area (Å²) in [6.07, 6.45) is 0.761. The number of nitrogens with one attached hydrogen (secondary N) is 1. The van der Waals surface area contributed by atoms with Gasteiger partial charge < -0.3 is 15.1 Å². The van der Waals surface area contributed by atoms with Gasteiger partial charge in [0.2, 0.25) is 5.91 Å². The second kappa shape index (κ2) is 6.36. The van der Waals surface area contributed by atoms with Crippen molar-refractivity contribution >= 4 is 17.5 Å². The molecule has 0 bridgehead atoms. The predicted molar refractivity (Wildman–Crippen MR) is 77.7 cm³/mol. The van der Waals surface area contributed by atoms with E-state index in [-0.39, 0.29) is 5.91 Å². The molecule has 1 rings (SSSR count). The normalized spacial score (nSPS) is 10.2. The summed E-state index contributed by atoms with van der Waals surface area (Å²) in [5.74, 6) is 2.43. The fourth-order valence-electron chi connectivity index (χ4n) is 1.74. The Morgan fingerprint density at radius 2 is 1.89 bits per heavy atom. The molecule has 0 aromatic carbocycles. The van der Waals surface area contributed by atoms with Crippen LogP contribution in [0.15, 0.2) is 0 Å². The molecule has 0 spiro atoms. The van der Waals surface area contributed by atoms with Crippen LogP contribution in [0, 0.1) is 6.92 Å². The number of amides is 1. The molecule has 0 radical (unpaired) electrons. The van der Waals surface area contributed by atoms with Crippen LogP contribution in [0.25, 0.3) is 0 Å². The van der Waals surface area contributed by atoms with Gasteiger partial charge in [-0.3, -0.25) is 4.79 Å². The first-order valence-corrected chi connectivity index (χ1v) is 6.37. The summed E-state index contributed by atoms with van der Waals surface area (Å²) in [6, 6.07) is 0. The molecule has 0 atom stereocenters. The Balaban J connectivity index is 3.07. The zero-order valence-electron chi connectivity index (χ0n) is 12.6. The van der Waals surface area contributed by atoms with Gasteiger partial charge in [-0.15, -0.1) is 0 Å². The Morgan fingerprint density at radius 3 is 2.37 bits per heavy atom. The van der Waals surface area contributed by atoms with Crippen LogP contribution in [0.4, 0.5) is 11.6 Å². The van der Waals surface area contributed by atoms with Crippen LogP contribution in [0.3, 0.4) is 0 Å². The van der Waals surface area contributed by atoms with E-state index in [1.165, 1.54) is 0 Å². The zero-order valence-corrected chi connectivity index (χ0v) is 12.6. The summed E-state index contributed by atoms with van der Waals surface area (Å²) in [6.45, 7) is 4.27. The van der Waals surface area contributed by atoms with E-state index in [9.17, 15) is 4.79 Å². The van der Waals surface area contributed by atoms with Crippen molar-refractivity contribution in [2.24, 2.45) is 0 Å². The number of hydrogen-bond acceptors (Lipinski definition) is 5. The number of anilines is 2. The van der Waals surface area contributed by atoms with Crippen molar-refractivity contribution < 1.29 is 4.79 Å². The Labute approximate surface area is 114 Å². The Morgan fingerprint density at radius 1 is 1.26 bits per heavy atom. The predicted octanol–water partition coefficient (Wildman–Crippen LogP) is 0.914. The van der Waals surface area contributed by atoms with Crippen LogP contribution in [0.2, 0.25) is 0 Å². The average molecular weight is 265 g/mol. The van der Waals surface area contributed by atoms with Gasteiger partial charge in [-0.25, -0.2) is 9.97 Å². The molecular weight excluding hydrogens is 242 g/mol. The standard InChI is InChI=1S/C13H23N5O/c1-7-10-15-12(14-3)9(2)13(16-10)18(6)8-11(19)17(4)5/h7-8H2,1-6H3,(H,14,15,16). The average Bonchev–Trinajstić information content (AvgIpc) is 2.38. The molecule has 1 N–H and O–H groups in total. The molecular formula is C13H23N5O. The minimum atomic E-state index is 0.0459. The molecule has 19 heavy (non-hydrogen) atoms. The summed E-state index contributed by atoms with van der Waals surface area (Å²) in [5, 5.41) is 3.07. The van der Waals surface area contributed by atoms with Gasteiger partial charge in [0, 0.05) is 40.2 Å². The van der Waals surface area contributed by atoms with E-state index in [0.717, 1.165) is 29.4 Å². The van der Waals surface area contributed by atoms with Crippen molar-refractivity contribution in [3.05, 3.63) is 11.4 Å². The Bertz CT molecular complexity index is 459. The summed E-state index contributed by atoms with van der Waals surface area (Å²) in [5.41, 5.74) is 0.953. The van der Waals surface area contributed by atoms with Crippen molar-refractivity contribution in [1.29, 1.82) is 0 Å². The second-order valence-corrected chi connectivity index (χ2v) is 4.68. The van der Waals surface area contributed by atoms with Crippen molar-refractivity contribution in [1.82, 2.24) is 14.9 Å². The minimum absolute atomic E-state index is 0.0459. The molecule has 0 unspecified atom stereocenters. The van der Waals surface area contributed by atoms with E-state index in [4.69, 9.17) is 0 Å². The molecule has 0 saturated carbocycles. The van der Waals surface area contributed by atoms with E-state index in [0.29, 0.717) is 6.54 Å². The molecule has 0 fully saturated rings. The van der Waals surface area contributed by atoms with Gasteiger partial charge in [-0.05, 0) is 6.92 Å². The highest BCUT2D eigenvalue weighted by Crippen LogP contribution is 2.22. The third-order valence-electron chi connectivity index (χ3n) is 2.95. The molecule has 0 aliphatic carbocycles. The highest BCUT2D eigenvalue weighted by molar-refractivity contribution is 5.81. The summed E-state index contributed by atoms with van der Waals surface area (Å²) in [7, 11) is 7.21. The lowest BCUT2D eigenvalue weighted by Crippen LogP contribution is -2.35. The van der Waals surface area contributed by atoms with Crippen LogP contribution in [-0.2, 0) is 11.2 Å². The maximum Gasteiger partial charge on any atom is 0.241 e. The SMILES string of the molecule is CCc1nc(NC)c(C)c(N(C)CC(=O)N(C)C)n1. The first kappa shape index (κ1) is 15.2. The lowest BCUT2D eigenvalue weighted by molar-refractivity contribution is -0.127. The second-order valence-electron chi connectivity index (χ2n) is 4.68. The molecule has 0 aliphatic heterocycles. The van der Waals surface area contributed by atoms with E-state index >= 15 is 0 Å². The summed E-state index contributed by atoms with van der Waals surface area (Å²) in [4.78, 5) is 24.1. The van der Waals surface area contributed by atoms with Crippen molar-refractivity contribution in [3.8, 4) is 0 Å². The number of aryl methyl sites for hydroxylation is 1. The van der Waals surface area contributed by atoms with Gasteiger partial charge in [0.1, 0.15) is 17.5 Å². The Kier molecular flexibility index (Phi) is 5.09. The van der Waals surface area contributed by atoms with Crippen LogP contribution in [0.1, 0.15) is 18.3 Å². The van der Waals surface area contributed by atoms with E-state index < -0.39 is 0 Å². The van der Waals surface area contributed by atoms with Gasteiger partial charge in [0.15, 0.2) is 0 Å². The zero-order chi connectivity index (χ0) is 14.6. The Hall–Kier alpha value is -1.85. The largest absolute Gasteiger partial charge is 0.373 e. The third kappa shape index (κ3) is 3.56. The van der Waals surface area contributed by atoms with E-state index in [2.05, 4.69) is 15.3 Å². The van der Waals surface area contributed by atoms with Gasteiger partial charge in [0.05, 0.1) is 6.54 Å². The topological polar surface area (TPSA) is 61.4 Å². The molecule has 1 aromatic heterocycles. The fraction of sp³-hybridized carbons (Fsp3) is 0.615. The summed E-state index contributed by atoms with van der Waals surface area (Å²) < 4.78 is 0. The number of nitrogens with zero attached hydrogens (tertiary/aromatic N) is 4. The molecule has 0 saturated heterocycles. The monoisotopic (exact) mass is 265 g/mol. The quantitative estimate of drug-likeness (QED) is 0.857. The first-order valence-electron chi connectivity index (χ1n) is 6.37. The smallest absolute Gasteiger partial charge is 0.241 e. The summed E-state index contributed by atoms with van der Waals surface area (Å²) >= 11 is 0. The van der Waals surface area contributed by atoms with Crippen LogP contribution in [-0.4, -0.2) is 55.5 Å². The molecule has 1 aromatic rings. The number of hydrogen-bond donors (Lipinski definition) is 1. The van der Waals surface area contributed by atoms with E-state index in [1.807, 2.05) is 32.8 Å². The van der Waals surface area contributed by atoms with Gasteiger partial charge in [0.25, 0.3) is 0 Å². The number of carbonyl (C=O) groups is 1. The molecule has 6 heteroatoms. The molecule has 1 heterocycles. The third-order valence-corrected chi connectivity index (χ3v) is 2.95. The van der Waals surface area contributed by atoms with Crippen molar-refractivity contribution in [2.45, 2.75) is 20.3 Å². The highest BCUT2D eigenvalue weighted by atomic mass is 16.2. The van der Waals surface area contributed by atoms with Gasteiger partial charge >= 0.3 is 0 Å². The number of carbonyl (C=O) groups excluding carboxylic acids is 1. The maximum atomic E-state index is 11.8. The van der Waals surface area contributed by atoms with Gasteiger partial charge in [-0.2, -0.15) is 0 Å². The van der Waals surface area contributed by atoms with Gasteiger partial charge in [-0.1, -0.05) is 6.92 Å². The molecule has 6 nitrogen and oxygen atoms in total.